The van der Waals surface area contributed by atoms with Gasteiger partial charge in [0, 0.05) is 6.54 Å². The molecular formula is C5H12N4S. The third-order valence-electron chi connectivity index (χ3n) is 0.876. The van der Waals surface area contributed by atoms with Gasteiger partial charge in [-0.1, -0.05) is 12.2 Å². The highest BCUT2D eigenvalue weighted by Crippen LogP contribution is 1.88. The lowest BCUT2D eigenvalue weighted by Gasteiger charge is -1.94. The molecule has 6 N–H and O–H groups in total. The first kappa shape index (κ1) is 9.16. The molecule has 0 fully saturated rings. The summed E-state index contributed by atoms with van der Waals surface area (Å²) < 4.78 is 0. The summed E-state index contributed by atoms with van der Waals surface area (Å²) >= 11 is 4.64. The molecule has 0 bridgehead atoms. The summed E-state index contributed by atoms with van der Waals surface area (Å²) in [6.45, 7) is 0.597. The fraction of sp³-hybridized carbons (Fsp3) is 0.600. The number of hydrogen-bond donors (Lipinski definition) is 3. The minimum absolute atomic E-state index is 0.114. The Morgan fingerprint density at radius 3 is 2.30 bits per heavy atom. The highest BCUT2D eigenvalue weighted by atomic mass is 32.1. The highest BCUT2D eigenvalue weighted by molar-refractivity contribution is 7.80. The summed E-state index contributed by atoms with van der Waals surface area (Å²) in [5, 5.41) is 0. The van der Waals surface area contributed by atoms with Crippen molar-refractivity contribution >= 4 is 23.2 Å². The van der Waals surface area contributed by atoms with Crippen LogP contribution in [-0.2, 0) is 0 Å². The molecule has 0 spiro atoms. The summed E-state index contributed by atoms with van der Waals surface area (Å²) in [6.07, 6.45) is 1.51. The second-order valence-electron chi connectivity index (χ2n) is 1.88. The Balaban J connectivity index is 3.21. The van der Waals surface area contributed by atoms with Crippen molar-refractivity contribution in [3.63, 3.8) is 0 Å². The van der Waals surface area contributed by atoms with Crippen molar-refractivity contribution in [1.29, 1.82) is 0 Å². The molecule has 0 heterocycles. The van der Waals surface area contributed by atoms with Gasteiger partial charge in [-0.15, -0.1) is 0 Å². The average Bonchev–Trinajstić information content (AvgIpc) is 1.79. The van der Waals surface area contributed by atoms with Crippen LogP contribution in [0.4, 0.5) is 0 Å². The minimum atomic E-state index is 0.114. The van der Waals surface area contributed by atoms with Crippen LogP contribution >= 0.6 is 12.2 Å². The molecule has 0 atom stereocenters. The van der Waals surface area contributed by atoms with E-state index in [0.717, 1.165) is 6.42 Å². The van der Waals surface area contributed by atoms with Crippen molar-refractivity contribution in [1.82, 2.24) is 0 Å². The Bertz CT molecular complexity index is 139. The number of thiocarbonyl (C=S) groups is 1. The van der Waals surface area contributed by atoms with Gasteiger partial charge in [0.05, 0.1) is 4.99 Å². The quantitative estimate of drug-likeness (QED) is 0.220. The Morgan fingerprint density at radius 2 is 1.90 bits per heavy atom. The van der Waals surface area contributed by atoms with Crippen molar-refractivity contribution in [2.45, 2.75) is 12.8 Å². The zero-order valence-electron chi connectivity index (χ0n) is 5.71. The van der Waals surface area contributed by atoms with Crippen LogP contribution in [0.2, 0.25) is 0 Å². The van der Waals surface area contributed by atoms with Gasteiger partial charge >= 0.3 is 0 Å². The van der Waals surface area contributed by atoms with Gasteiger partial charge in [0.1, 0.15) is 0 Å². The third-order valence-corrected chi connectivity index (χ3v) is 1.08. The average molecular weight is 160 g/mol. The molecule has 0 radical (unpaired) electrons. The predicted octanol–water partition coefficient (Wildman–Crippen LogP) is -0.674. The van der Waals surface area contributed by atoms with Gasteiger partial charge in [0.25, 0.3) is 0 Å². The van der Waals surface area contributed by atoms with Crippen LogP contribution in [0.5, 0.6) is 0 Å². The van der Waals surface area contributed by atoms with E-state index in [1.165, 1.54) is 0 Å². The van der Waals surface area contributed by atoms with E-state index in [9.17, 15) is 0 Å². The first-order valence-corrected chi connectivity index (χ1v) is 3.37. The number of nitrogens with two attached hydrogens (primary N) is 3. The molecule has 0 rings (SSSR count). The third kappa shape index (κ3) is 7.16. The molecule has 0 aromatic carbocycles. The molecule has 0 saturated heterocycles. The first-order valence-electron chi connectivity index (χ1n) is 2.96. The van der Waals surface area contributed by atoms with Crippen molar-refractivity contribution in [2.24, 2.45) is 22.2 Å². The maximum Gasteiger partial charge on any atom is 0.185 e. The lowest BCUT2D eigenvalue weighted by Crippen LogP contribution is -2.23. The molecule has 0 saturated carbocycles. The van der Waals surface area contributed by atoms with Crippen LogP contribution in [0.25, 0.3) is 0 Å². The topological polar surface area (TPSA) is 90.4 Å². The van der Waals surface area contributed by atoms with Gasteiger partial charge in [0.15, 0.2) is 5.96 Å². The number of aliphatic imine (C=N–C) groups is 1. The smallest absolute Gasteiger partial charge is 0.185 e. The number of hydrogen-bond acceptors (Lipinski definition) is 2. The van der Waals surface area contributed by atoms with Crippen molar-refractivity contribution in [3.05, 3.63) is 0 Å². The predicted molar refractivity (Wildman–Crippen MR) is 46.7 cm³/mol. The van der Waals surface area contributed by atoms with E-state index in [0.29, 0.717) is 18.0 Å². The largest absolute Gasteiger partial charge is 0.393 e. The Hall–Kier alpha value is -0.840. The van der Waals surface area contributed by atoms with Gasteiger partial charge in [-0.3, -0.25) is 4.99 Å². The van der Waals surface area contributed by atoms with Gasteiger partial charge in [-0.05, 0) is 12.8 Å². The summed E-state index contributed by atoms with van der Waals surface area (Å²) in [5.74, 6) is 0.114. The van der Waals surface area contributed by atoms with Crippen LogP contribution in [0.1, 0.15) is 12.8 Å². The van der Waals surface area contributed by atoms with Gasteiger partial charge < -0.3 is 17.2 Å². The minimum Gasteiger partial charge on any atom is -0.393 e. The number of guanidine groups is 1. The first-order chi connectivity index (χ1) is 4.63. The van der Waals surface area contributed by atoms with E-state index >= 15 is 0 Å². The summed E-state index contributed by atoms with van der Waals surface area (Å²) in [5.41, 5.74) is 15.4. The SMILES string of the molecule is NC(=S)CCCN=C(N)N. The van der Waals surface area contributed by atoms with Crippen LogP contribution < -0.4 is 17.2 Å². The summed E-state index contributed by atoms with van der Waals surface area (Å²) in [6, 6.07) is 0. The molecule has 58 valence electrons. The molecule has 10 heavy (non-hydrogen) atoms. The maximum absolute atomic E-state index is 5.23. The van der Waals surface area contributed by atoms with Crippen LogP contribution in [0.15, 0.2) is 4.99 Å². The van der Waals surface area contributed by atoms with Crippen LogP contribution in [0, 0.1) is 0 Å². The molecule has 0 amide bonds. The standard InChI is InChI=1S/C5H12N4S/c6-4(10)2-1-3-9-5(7)8/h1-3H2,(H2,6,10)(H4,7,8,9). The molecule has 4 nitrogen and oxygen atoms in total. The summed E-state index contributed by atoms with van der Waals surface area (Å²) in [4.78, 5) is 4.26. The lowest BCUT2D eigenvalue weighted by molar-refractivity contribution is 0.877. The van der Waals surface area contributed by atoms with Gasteiger partial charge in [-0.25, -0.2) is 0 Å². The second kappa shape index (κ2) is 4.99. The van der Waals surface area contributed by atoms with Gasteiger partial charge in [-0.2, -0.15) is 0 Å². The van der Waals surface area contributed by atoms with Gasteiger partial charge in [0.2, 0.25) is 0 Å². The second-order valence-corrected chi connectivity index (χ2v) is 2.40. The Morgan fingerprint density at radius 1 is 1.30 bits per heavy atom. The van der Waals surface area contributed by atoms with E-state index in [1.54, 1.807) is 0 Å². The Kier molecular flexibility index (Phi) is 4.57. The van der Waals surface area contributed by atoms with Crippen LogP contribution in [0.3, 0.4) is 0 Å². The van der Waals surface area contributed by atoms with E-state index in [-0.39, 0.29) is 5.96 Å². The normalized spacial score (nSPS) is 8.80. The van der Waals surface area contributed by atoms with E-state index in [1.807, 2.05) is 0 Å². The molecule has 0 unspecified atom stereocenters. The molecule has 0 aromatic rings. The number of rotatable bonds is 4. The molecule has 0 aliphatic heterocycles. The fourth-order valence-corrected chi connectivity index (χ4v) is 0.606. The highest BCUT2D eigenvalue weighted by Gasteiger charge is 1.88. The lowest BCUT2D eigenvalue weighted by atomic mass is 10.3. The monoisotopic (exact) mass is 160 g/mol. The van der Waals surface area contributed by atoms with Crippen LogP contribution in [-0.4, -0.2) is 17.5 Å². The molecule has 0 aromatic heterocycles. The zero-order valence-corrected chi connectivity index (χ0v) is 6.53. The van der Waals surface area contributed by atoms with Crippen molar-refractivity contribution in [2.75, 3.05) is 6.54 Å². The zero-order chi connectivity index (χ0) is 7.98. The summed E-state index contributed by atoms with van der Waals surface area (Å²) in [7, 11) is 0. The molecule has 5 heteroatoms. The molecular weight excluding hydrogens is 148 g/mol. The maximum atomic E-state index is 5.23. The molecule has 0 aliphatic carbocycles. The van der Waals surface area contributed by atoms with Crippen molar-refractivity contribution < 1.29 is 0 Å². The van der Waals surface area contributed by atoms with E-state index in [2.05, 4.69) is 17.2 Å². The van der Waals surface area contributed by atoms with E-state index < -0.39 is 0 Å². The Labute approximate surface area is 65.5 Å². The van der Waals surface area contributed by atoms with Crippen molar-refractivity contribution in [3.8, 4) is 0 Å². The number of nitrogens with zero attached hydrogens (tertiary/aromatic N) is 1. The molecule has 0 aliphatic rings. The fourth-order valence-electron chi connectivity index (χ4n) is 0.461. The van der Waals surface area contributed by atoms with E-state index in [4.69, 9.17) is 17.2 Å².